The minimum Gasteiger partial charge on any atom is -0.492 e. The molecule has 0 atom stereocenters. The van der Waals surface area contributed by atoms with E-state index in [1.54, 1.807) is 6.20 Å². The van der Waals surface area contributed by atoms with Crippen LogP contribution in [0.1, 0.15) is 36.1 Å². The van der Waals surface area contributed by atoms with Gasteiger partial charge in [-0.05, 0) is 20.3 Å². The zero-order chi connectivity index (χ0) is 15.0. The number of pyridine rings is 1. The minimum atomic E-state index is -0.270. The number of rotatable bonds is 3. The minimum absolute atomic E-state index is 0.261. The van der Waals surface area contributed by atoms with Crippen molar-refractivity contribution in [3.63, 3.8) is 0 Å². The first-order chi connectivity index (χ1) is 10.0. The summed E-state index contributed by atoms with van der Waals surface area (Å²) in [4.78, 5) is 0. The highest BCUT2D eigenvalue weighted by molar-refractivity contribution is 5.38. The van der Waals surface area contributed by atoms with Crippen molar-refractivity contribution in [2.75, 3.05) is 19.8 Å². The summed E-state index contributed by atoms with van der Waals surface area (Å²) in [5, 5.41) is 9.73. The van der Waals surface area contributed by atoms with Crippen LogP contribution in [0.3, 0.4) is 0 Å². The van der Waals surface area contributed by atoms with Crippen LogP contribution in [0.25, 0.3) is 0 Å². The lowest BCUT2D eigenvalue weighted by atomic mass is 9.90. The molecule has 2 aliphatic rings. The van der Waals surface area contributed by atoms with E-state index in [0.29, 0.717) is 19.8 Å². The maximum Gasteiger partial charge on any atom is 0.237 e. The lowest BCUT2D eigenvalue weighted by Crippen LogP contribution is -2.50. The number of ether oxygens (including phenoxy) is 3. The van der Waals surface area contributed by atoms with E-state index in [9.17, 15) is 5.21 Å². The molecule has 116 valence electrons. The molecule has 3 rings (SSSR count). The quantitative estimate of drug-likeness (QED) is 0.685. The van der Waals surface area contributed by atoms with Gasteiger partial charge in [-0.2, -0.15) is 0 Å². The van der Waals surface area contributed by atoms with Crippen molar-refractivity contribution in [3.05, 3.63) is 23.0 Å². The predicted molar refractivity (Wildman–Crippen MR) is 75.5 cm³/mol. The van der Waals surface area contributed by atoms with Crippen molar-refractivity contribution in [1.29, 1.82) is 0 Å². The maximum atomic E-state index is 9.73. The van der Waals surface area contributed by atoms with E-state index in [1.165, 1.54) is 6.42 Å². The summed E-state index contributed by atoms with van der Waals surface area (Å²) in [5.74, 6) is 0.840. The van der Waals surface area contributed by atoms with Crippen LogP contribution in [0.4, 0.5) is 0 Å². The van der Waals surface area contributed by atoms with Gasteiger partial charge in [-0.3, -0.25) is 5.21 Å². The highest BCUT2D eigenvalue weighted by Crippen LogP contribution is 2.39. The molecule has 0 radical (unpaired) electrons. The van der Waals surface area contributed by atoms with Gasteiger partial charge in [-0.1, -0.05) is 0 Å². The van der Waals surface area contributed by atoms with E-state index in [0.717, 1.165) is 40.1 Å². The maximum absolute atomic E-state index is 9.73. The summed E-state index contributed by atoms with van der Waals surface area (Å²) in [7, 11) is 0. The lowest BCUT2D eigenvalue weighted by molar-refractivity contribution is -0.909. The van der Waals surface area contributed by atoms with Crippen molar-refractivity contribution in [2.45, 2.75) is 45.8 Å². The third-order valence-corrected chi connectivity index (χ3v) is 4.64. The second-order valence-electron chi connectivity index (χ2n) is 6.26. The van der Waals surface area contributed by atoms with Gasteiger partial charge in [-0.15, -0.1) is 0 Å². The third kappa shape index (κ3) is 2.72. The lowest BCUT2D eigenvalue weighted by Gasteiger charge is -2.45. The van der Waals surface area contributed by atoms with Crippen molar-refractivity contribution in [1.82, 2.24) is 0 Å². The van der Waals surface area contributed by atoms with Crippen molar-refractivity contribution in [2.24, 2.45) is 5.92 Å². The van der Waals surface area contributed by atoms with Gasteiger partial charge < -0.3 is 14.2 Å². The van der Waals surface area contributed by atoms with E-state index in [-0.39, 0.29) is 11.7 Å². The van der Waals surface area contributed by atoms with Crippen molar-refractivity contribution < 1.29 is 24.1 Å². The first-order valence-electron chi connectivity index (χ1n) is 7.63. The molecule has 5 nitrogen and oxygen atoms in total. The van der Waals surface area contributed by atoms with E-state index in [1.807, 2.05) is 20.8 Å². The van der Waals surface area contributed by atoms with Crippen LogP contribution < -0.4 is 9.47 Å². The summed E-state index contributed by atoms with van der Waals surface area (Å²) in [5.41, 5.74) is 2.68. The summed E-state index contributed by atoms with van der Waals surface area (Å²) >= 11 is 0. The van der Waals surface area contributed by atoms with E-state index in [2.05, 4.69) is 0 Å². The molecule has 1 aromatic rings. The van der Waals surface area contributed by atoms with E-state index in [4.69, 9.17) is 14.2 Å². The van der Waals surface area contributed by atoms with Gasteiger partial charge in [-0.25, -0.2) is 0 Å². The van der Waals surface area contributed by atoms with Gasteiger partial charge in [0.15, 0.2) is 5.79 Å². The number of hydrogen-bond acceptors (Lipinski definition) is 4. The number of nitrogens with zero attached hydrogens (tertiary/aromatic N) is 1. The first kappa shape index (κ1) is 14.6. The van der Waals surface area contributed by atoms with Crippen LogP contribution in [-0.2, 0) is 9.47 Å². The summed E-state index contributed by atoms with van der Waals surface area (Å²) in [6.07, 6.45) is 4.92. The van der Waals surface area contributed by atoms with Crippen LogP contribution >= 0.6 is 0 Å². The molecular formula is C16H24NO4+. The Labute approximate surface area is 125 Å². The average molecular weight is 294 g/mol. The van der Waals surface area contributed by atoms with Crippen LogP contribution in [0.5, 0.6) is 5.75 Å². The molecule has 0 unspecified atom stereocenters. The van der Waals surface area contributed by atoms with Gasteiger partial charge in [0, 0.05) is 30.4 Å². The Morgan fingerprint density at radius 2 is 1.95 bits per heavy atom. The summed E-state index contributed by atoms with van der Waals surface area (Å²) in [6, 6.07) is 0. The van der Waals surface area contributed by atoms with Gasteiger partial charge >= 0.3 is 0 Å². The Kier molecular flexibility index (Phi) is 3.80. The number of aromatic nitrogens is 1. The summed E-state index contributed by atoms with van der Waals surface area (Å²) < 4.78 is 18.8. The molecule has 2 fully saturated rings. The molecule has 1 N–H and O–H groups in total. The Hall–Kier alpha value is -1.33. The fourth-order valence-corrected chi connectivity index (χ4v) is 2.87. The second kappa shape index (κ2) is 5.46. The average Bonchev–Trinajstić information content (AvgIpc) is 2.44. The smallest absolute Gasteiger partial charge is 0.237 e. The molecule has 5 heteroatoms. The Morgan fingerprint density at radius 3 is 2.52 bits per heavy atom. The van der Waals surface area contributed by atoms with Gasteiger partial charge in [0.1, 0.15) is 5.75 Å². The van der Waals surface area contributed by atoms with Crippen molar-refractivity contribution in [3.8, 4) is 5.75 Å². The van der Waals surface area contributed by atoms with Crippen LogP contribution in [0.2, 0.25) is 0 Å². The van der Waals surface area contributed by atoms with Gasteiger partial charge in [0.2, 0.25) is 11.9 Å². The van der Waals surface area contributed by atoms with Gasteiger partial charge in [0.05, 0.1) is 30.9 Å². The SMILES string of the molecule is Cc1c[n+](O)c(C)c(C)c1OCC1COC2(CCC2)OC1. The largest absolute Gasteiger partial charge is 0.492 e. The topological polar surface area (TPSA) is 51.8 Å². The Morgan fingerprint density at radius 1 is 1.29 bits per heavy atom. The predicted octanol–water partition coefficient (Wildman–Crippen LogP) is 2.06. The first-order valence-corrected chi connectivity index (χ1v) is 7.63. The molecule has 0 amide bonds. The molecule has 1 aliphatic heterocycles. The monoisotopic (exact) mass is 294 g/mol. The summed E-state index contributed by atoms with van der Waals surface area (Å²) in [6.45, 7) is 7.74. The Balaban J connectivity index is 1.60. The molecular weight excluding hydrogens is 270 g/mol. The van der Waals surface area contributed by atoms with E-state index < -0.39 is 0 Å². The zero-order valence-electron chi connectivity index (χ0n) is 13.0. The molecule has 0 bridgehead atoms. The standard InChI is InChI=1S/C16H24NO4/c1-11-7-17(18)13(3)12(2)15(11)19-8-14-9-20-16(21-10-14)5-4-6-16/h7,14,18H,4-6,8-10H2,1-3H3/q+1. The van der Waals surface area contributed by atoms with Crippen LogP contribution in [0, 0.1) is 26.7 Å². The normalized spacial score (nSPS) is 21.3. The molecule has 21 heavy (non-hydrogen) atoms. The Bertz CT molecular complexity index is 530. The van der Waals surface area contributed by atoms with Gasteiger partial charge in [0.25, 0.3) is 0 Å². The van der Waals surface area contributed by atoms with Crippen LogP contribution in [0.15, 0.2) is 6.20 Å². The highest BCUT2D eigenvalue weighted by atomic mass is 16.7. The zero-order valence-corrected chi connectivity index (χ0v) is 13.0. The van der Waals surface area contributed by atoms with Crippen molar-refractivity contribution >= 4 is 0 Å². The second-order valence-corrected chi connectivity index (χ2v) is 6.26. The molecule has 2 heterocycles. The van der Waals surface area contributed by atoms with Crippen LogP contribution in [-0.4, -0.2) is 30.8 Å². The number of hydrogen-bond donors (Lipinski definition) is 1. The third-order valence-electron chi connectivity index (χ3n) is 4.64. The number of aryl methyl sites for hydroxylation is 1. The fraction of sp³-hybridized carbons (Fsp3) is 0.688. The van der Waals surface area contributed by atoms with E-state index >= 15 is 0 Å². The molecule has 1 aliphatic carbocycles. The molecule has 1 aromatic heterocycles. The fourth-order valence-electron chi connectivity index (χ4n) is 2.87. The molecule has 1 saturated heterocycles. The highest BCUT2D eigenvalue weighted by Gasteiger charge is 2.43. The molecule has 1 saturated carbocycles. The molecule has 0 aromatic carbocycles. The molecule has 1 spiro atoms.